The Balaban J connectivity index is 2.74. The molecule has 96 valence electrons. The van der Waals surface area contributed by atoms with Crippen LogP contribution in [-0.2, 0) is 0 Å². The van der Waals surface area contributed by atoms with E-state index in [2.05, 4.69) is 44.8 Å². The van der Waals surface area contributed by atoms with E-state index in [0.717, 1.165) is 6.54 Å². The van der Waals surface area contributed by atoms with E-state index in [-0.39, 0.29) is 5.54 Å². The number of hydrogen-bond donors (Lipinski definition) is 1. The van der Waals surface area contributed by atoms with Crippen molar-refractivity contribution in [2.24, 2.45) is 0 Å². The lowest BCUT2D eigenvalue weighted by molar-refractivity contribution is 0.00812. The van der Waals surface area contributed by atoms with E-state index in [9.17, 15) is 0 Å². The molecule has 0 radical (unpaired) electrons. The van der Waals surface area contributed by atoms with E-state index in [1.165, 1.54) is 38.8 Å². The molecular formula is C14H30N2. The maximum Gasteiger partial charge on any atom is 0.0329 e. The van der Waals surface area contributed by atoms with Crippen LogP contribution in [0.2, 0.25) is 0 Å². The van der Waals surface area contributed by atoms with Crippen LogP contribution >= 0.6 is 0 Å². The molecule has 1 aliphatic heterocycles. The first-order valence-corrected chi connectivity index (χ1v) is 7.00. The van der Waals surface area contributed by atoms with Gasteiger partial charge < -0.3 is 5.32 Å². The Morgan fingerprint density at radius 1 is 1.12 bits per heavy atom. The molecule has 0 amide bonds. The molecule has 0 aromatic carbocycles. The summed E-state index contributed by atoms with van der Waals surface area (Å²) in [6, 6.07) is 0. The molecule has 0 atom stereocenters. The molecule has 1 aliphatic rings. The van der Waals surface area contributed by atoms with Gasteiger partial charge in [0, 0.05) is 24.2 Å². The van der Waals surface area contributed by atoms with E-state index in [4.69, 9.17) is 0 Å². The highest BCUT2D eigenvalue weighted by Crippen LogP contribution is 2.30. The Morgan fingerprint density at radius 3 is 2.25 bits per heavy atom. The van der Waals surface area contributed by atoms with Gasteiger partial charge in [0.2, 0.25) is 0 Å². The molecule has 16 heavy (non-hydrogen) atoms. The Morgan fingerprint density at radius 2 is 1.75 bits per heavy atom. The second-order valence-electron chi connectivity index (χ2n) is 5.94. The molecule has 2 heteroatoms. The summed E-state index contributed by atoms with van der Waals surface area (Å²) in [5.74, 6) is 0. The second-order valence-corrected chi connectivity index (χ2v) is 5.94. The lowest BCUT2D eigenvalue weighted by atomic mass is 9.84. The molecule has 2 nitrogen and oxygen atoms in total. The monoisotopic (exact) mass is 226 g/mol. The van der Waals surface area contributed by atoms with Crippen molar-refractivity contribution in [3.05, 3.63) is 0 Å². The molecule has 0 spiro atoms. The summed E-state index contributed by atoms with van der Waals surface area (Å²) >= 11 is 0. The van der Waals surface area contributed by atoms with Gasteiger partial charge in [0.05, 0.1) is 0 Å². The molecule has 0 aliphatic carbocycles. The zero-order valence-electron chi connectivity index (χ0n) is 11.9. The van der Waals surface area contributed by atoms with Crippen LogP contribution in [0.25, 0.3) is 0 Å². The largest absolute Gasteiger partial charge is 0.309 e. The third-order valence-corrected chi connectivity index (χ3v) is 4.25. The van der Waals surface area contributed by atoms with E-state index in [1.54, 1.807) is 0 Å². The first-order chi connectivity index (χ1) is 7.49. The molecule has 1 rings (SSSR count). The number of unbranched alkanes of at least 4 members (excludes halogenated alkanes) is 1. The fourth-order valence-electron chi connectivity index (χ4n) is 2.83. The van der Waals surface area contributed by atoms with Gasteiger partial charge in [-0.2, -0.15) is 0 Å². The molecule has 0 aromatic heterocycles. The minimum atomic E-state index is 0.279. The summed E-state index contributed by atoms with van der Waals surface area (Å²) in [5.41, 5.74) is 0.687. The fourth-order valence-corrected chi connectivity index (χ4v) is 2.83. The predicted octanol–water partition coefficient (Wildman–Crippen LogP) is 3.03. The molecule has 0 bridgehead atoms. The van der Waals surface area contributed by atoms with E-state index in [0.29, 0.717) is 5.54 Å². The van der Waals surface area contributed by atoms with Crippen LogP contribution in [0.3, 0.4) is 0 Å². The molecule has 1 heterocycles. The quantitative estimate of drug-likeness (QED) is 0.775. The van der Waals surface area contributed by atoms with Crippen LogP contribution < -0.4 is 5.32 Å². The average molecular weight is 226 g/mol. The van der Waals surface area contributed by atoms with Crippen molar-refractivity contribution in [3.8, 4) is 0 Å². The van der Waals surface area contributed by atoms with Gasteiger partial charge in [0.1, 0.15) is 0 Å². The highest BCUT2D eigenvalue weighted by Gasteiger charge is 2.40. The molecule has 1 N–H and O–H groups in total. The number of piperazine rings is 1. The van der Waals surface area contributed by atoms with E-state index < -0.39 is 0 Å². The standard InChI is InChI=1S/C14H30N2/c1-6-9-10-16-12-13(4,5)15-11-14(16,7-2)8-3/h15H,6-12H2,1-5H3. The molecular weight excluding hydrogens is 196 g/mol. The molecule has 0 saturated carbocycles. The SMILES string of the molecule is CCCCN1CC(C)(C)NCC1(CC)CC. The molecule has 0 aromatic rings. The van der Waals surface area contributed by atoms with Crippen molar-refractivity contribution in [3.63, 3.8) is 0 Å². The summed E-state index contributed by atoms with van der Waals surface area (Å²) in [6.45, 7) is 15.2. The maximum absolute atomic E-state index is 3.72. The molecule has 1 fully saturated rings. The summed E-state index contributed by atoms with van der Waals surface area (Å²) < 4.78 is 0. The Kier molecular flexibility index (Phi) is 4.81. The van der Waals surface area contributed by atoms with Gasteiger partial charge in [-0.25, -0.2) is 0 Å². The number of nitrogens with one attached hydrogen (secondary N) is 1. The third kappa shape index (κ3) is 2.98. The van der Waals surface area contributed by atoms with Crippen molar-refractivity contribution in [2.75, 3.05) is 19.6 Å². The topological polar surface area (TPSA) is 15.3 Å². The first kappa shape index (κ1) is 14.0. The third-order valence-electron chi connectivity index (χ3n) is 4.25. The Hall–Kier alpha value is -0.0800. The second kappa shape index (κ2) is 5.50. The van der Waals surface area contributed by atoms with E-state index in [1.807, 2.05) is 0 Å². The zero-order chi connectivity index (χ0) is 12.2. The fraction of sp³-hybridized carbons (Fsp3) is 1.00. The summed E-state index contributed by atoms with van der Waals surface area (Å²) in [7, 11) is 0. The Bertz CT molecular complexity index is 207. The van der Waals surface area contributed by atoms with Crippen LogP contribution in [0.5, 0.6) is 0 Å². The number of hydrogen-bond acceptors (Lipinski definition) is 2. The number of rotatable bonds is 5. The van der Waals surface area contributed by atoms with Crippen molar-refractivity contribution in [1.82, 2.24) is 10.2 Å². The lowest BCUT2D eigenvalue weighted by Crippen LogP contribution is -2.68. The minimum Gasteiger partial charge on any atom is -0.309 e. The maximum atomic E-state index is 3.72. The zero-order valence-corrected chi connectivity index (χ0v) is 11.9. The normalized spacial score (nSPS) is 24.6. The smallest absolute Gasteiger partial charge is 0.0329 e. The van der Waals surface area contributed by atoms with E-state index >= 15 is 0 Å². The lowest BCUT2D eigenvalue weighted by Gasteiger charge is -2.52. The highest BCUT2D eigenvalue weighted by molar-refractivity contribution is 5.00. The van der Waals surface area contributed by atoms with Gasteiger partial charge in [0.15, 0.2) is 0 Å². The Labute approximate surface area is 102 Å². The van der Waals surface area contributed by atoms with Gasteiger partial charge in [-0.3, -0.25) is 4.90 Å². The highest BCUT2D eigenvalue weighted by atomic mass is 15.3. The van der Waals surface area contributed by atoms with Crippen molar-refractivity contribution >= 4 is 0 Å². The summed E-state index contributed by atoms with van der Waals surface area (Å²) in [6.07, 6.45) is 5.15. The number of nitrogens with zero attached hydrogens (tertiary/aromatic N) is 1. The summed E-state index contributed by atoms with van der Waals surface area (Å²) in [5, 5.41) is 3.72. The van der Waals surface area contributed by atoms with Crippen LogP contribution in [0.4, 0.5) is 0 Å². The molecule has 1 saturated heterocycles. The van der Waals surface area contributed by atoms with Crippen molar-refractivity contribution in [2.45, 2.75) is 71.4 Å². The van der Waals surface area contributed by atoms with Crippen molar-refractivity contribution in [1.29, 1.82) is 0 Å². The van der Waals surface area contributed by atoms with Crippen LogP contribution in [0, 0.1) is 0 Å². The minimum absolute atomic E-state index is 0.279. The predicted molar refractivity (Wildman–Crippen MR) is 71.9 cm³/mol. The van der Waals surface area contributed by atoms with Gasteiger partial charge in [0.25, 0.3) is 0 Å². The molecule has 0 unspecified atom stereocenters. The van der Waals surface area contributed by atoms with Crippen LogP contribution in [-0.4, -0.2) is 35.6 Å². The van der Waals surface area contributed by atoms with Gasteiger partial charge in [-0.15, -0.1) is 0 Å². The van der Waals surface area contributed by atoms with Gasteiger partial charge in [-0.05, 0) is 39.7 Å². The first-order valence-electron chi connectivity index (χ1n) is 7.00. The summed E-state index contributed by atoms with van der Waals surface area (Å²) in [4.78, 5) is 2.74. The van der Waals surface area contributed by atoms with Gasteiger partial charge >= 0.3 is 0 Å². The van der Waals surface area contributed by atoms with Gasteiger partial charge in [-0.1, -0.05) is 27.2 Å². The van der Waals surface area contributed by atoms with Crippen LogP contribution in [0.15, 0.2) is 0 Å². The average Bonchev–Trinajstić information content (AvgIpc) is 2.26. The van der Waals surface area contributed by atoms with Crippen LogP contribution in [0.1, 0.15) is 60.3 Å². The van der Waals surface area contributed by atoms with Crippen molar-refractivity contribution < 1.29 is 0 Å².